The Balaban J connectivity index is 2.73. The van der Waals surface area contributed by atoms with Gasteiger partial charge in [-0.1, -0.05) is 25.7 Å². The number of hydrogen-bond acceptors (Lipinski definition) is 4. The standard InChI is InChI=1S/C13H28N2O3S/c1-18-11-12-19(16,17)15(10-6-9-14)13-7-4-2-3-5-8-13/h13H,2-12,14H2,1H3. The first-order chi connectivity index (χ1) is 9.11. The summed E-state index contributed by atoms with van der Waals surface area (Å²) in [4.78, 5) is 0. The first-order valence-corrected chi connectivity index (χ1v) is 8.91. The van der Waals surface area contributed by atoms with Gasteiger partial charge < -0.3 is 10.5 Å². The highest BCUT2D eigenvalue weighted by Crippen LogP contribution is 2.24. The Morgan fingerprint density at radius 3 is 2.37 bits per heavy atom. The summed E-state index contributed by atoms with van der Waals surface area (Å²) in [5.41, 5.74) is 5.53. The molecule has 0 heterocycles. The summed E-state index contributed by atoms with van der Waals surface area (Å²) in [7, 11) is -1.69. The quantitative estimate of drug-likeness (QED) is 0.685. The topological polar surface area (TPSA) is 72.6 Å². The lowest BCUT2D eigenvalue weighted by molar-refractivity contribution is 0.213. The molecule has 5 nitrogen and oxygen atoms in total. The molecule has 0 unspecified atom stereocenters. The molecule has 6 heteroatoms. The second-order valence-corrected chi connectivity index (χ2v) is 7.25. The lowest BCUT2D eigenvalue weighted by Crippen LogP contribution is -2.43. The lowest BCUT2D eigenvalue weighted by atomic mass is 10.1. The van der Waals surface area contributed by atoms with Gasteiger partial charge in [0.25, 0.3) is 0 Å². The van der Waals surface area contributed by atoms with Crippen molar-refractivity contribution in [3.05, 3.63) is 0 Å². The second kappa shape index (κ2) is 8.89. The normalized spacial score (nSPS) is 18.7. The van der Waals surface area contributed by atoms with E-state index in [0.717, 1.165) is 32.1 Å². The predicted molar refractivity (Wildman–Crippen MR) is 77.5 cm³/mol. The molecular weight excluding hydrogens is 264 g/mol. The fourth-order valence-electron chi connectivity index (χ4n) is 2.65. The molecule has 1 rings (SSSR count). The van der Waals surface area contributed by atoms with Crippen molar-refractivity contribution in [2.45, 2.75) is 51.0 Å². The van der Waals surface area contributed by atoms with Gasteiger partial charge in [-0.15, -0.1) is 0 Å². The third kappa shape index (κ3) is 5.77. The van der Waals surface area contributed by atoms with Gasteiger partial charge in [-0.2, -0.15) is 4.31 Å². The summed E-state index contributed by atoms with van der Waals surface area (Å²) >= 11 is 0. The Morgan fingerprint density at radius 1 is 1.21 bits per heavy atom. The molecule has 0 bridgehead atoms. The van der Waals surface area contributed by atoms with E-state index in [9.17, 15) is 8.42 Å². The molecule has 0 aromatic rings. The van der Waals surface area contributed by atoms with Crippen LogP contribution in [0.1, 0.15) is 44.9 Å². The Labute approximate surface area is 117 Å². The summed E-state index contributed by atoms with van der Waals surface area (Å²) in [6, 6.07) is 0.163. The van der Waals surface area contributed by atoms with Gasteiger partial charge in [0.05, 0.1) is 12.4 Å². The molecule has 2 N–H and O–H groups in total. The molecule has 0 radical (unpaired) electrons. The number of nitrogens with two attached hydrogens (primary N) is 1. The molecule has 1 aliphatic carbocycles. The van der Waals surface area contributed by atoms with E-state index >= 15 is 0 Å². The molecular formula is C13H28N2O3S. The first kappa shape index (κ1) is 16.9. The van der Waals surface area contributed by atoms with Crippen LogP contribution < -0.4 is 5.73 Å². The monoisotopic (exact) mass is 292 g/mol. The van der Waals surface area contributed by atoms with Crippen LogP contribution in [0.3, 0.4) is 0 Å². The van der Waals surface area contributed by atoms with E-state index < -0.39 is 10.0 Å². The van der Waals surface area contributed by atoms with Crippen LogP contribution in [-0.2, 0) is 14.8 Å². The molecule has 19 heavy (non-hydrogen) atoms. The van der Waals surface area contributed by atoms with Crippen LogP contribution in [0.4, 0.5) is 0 Å². The van der Waals surface area contributed by atoms with Crippen LogP contribution in [0.5, 0.6) is 0 Å². The minimum absolute atomic E-state index is 0.0740. The molecule has 0 saturated heterocycles. The summed E-state index contributed by atoms with van der Waals surface area (Å²) in [6.07, 6.45) is 7.39. The van der Waals surface area contributed by atoms with Crippen molar-refractivity contribution >= 4 is 10.0 Å². The minimum Gasteiger partial charge on any atom is -0.384 e. The summed E-state index contributed by atoms with van der Waals surface area (Å²) < 4.78 is 31.4. The number of hydrogen-bond donors (Lipinski definition) is 1. The Morgan fingerprint density at radius 2 is 1.84 bits per heavy atom. The van der Waals surface area contributed by atoms with Crippen molar-refractivity contribution in [2.24, 2.45) is 5.73 Å². The Kier molecular flexibility index (Phi) is 7.90. The van der Waals surface area contributed by atoms with Crippen LogP contribution in [0.15, 0.2) is 0 Å². The fourth-order valence-corrected chi connectivity index (χ4v) is 4.33. The highest BCUT2D eigenvalue weighted by molar-refractivity contribution is 7.89. The maximum Gasteiger partial charge on any atom is 0.216 e. The van der Waals surface area contributed by atoms with Crippen molar-refractivity contribution in [3.63, 3.8) is 0 Å². The fraction of sp³-hybridized carbons (Fsp3) is 1.00. The SMILES string of the molecule is COCCS(=O)(=O)N(CCCN)C1CCCCCC1. The van der Waals surface area contributed by atoms with Crippen LogP contribution in [0.25, 0.3) is 0 Å². The van der Waals surface area contributed by atoms with Gasteiger partial charge in [0.1, 0.15) is 0 Å². The van der Waals surface area contributed by atoms with E-state index in [0.29, 0.717) is 13.1 Å². The smallest absolute Gasteiger partial charge is 0.216 e. The largest absolute Gasteiger partial charge is 0.384 e. The molecule has 1 saturated carbocycles. The third-order valence-electron chi connectivity index (χ3n) is 3.72. The molecule has 114 valence electrons. The zero-order valence-corrected chi connectivity index (χ0v) is 12.8. The van der Waals surface area contributed by atoms with Gasteiger partial charge in [0.15, 0.2) is 0 Å². The van der Waals surface area contributed by atoms with Gasteiger partial charge in [-0.25, -0.2) is 8.42 Å². The molecule has 0 aromatic carbocycles. The third-order valence-corrected chi connectivity index (χ3v) is 5.60. The van der Waals surface area contributed by atoms with Gasteiger partial charge >= 0.3 is 0 Å². The van der Waals surface area contributed by atoms with Gasteiger partial charge in [-0.05, 0) is 25.8 Å². The van der Waals surface area contributed by atoms with Crippen molar-refractivity contribution < 1.29 is 13.2 Å². The molecule has 0 spiro atoms. The summed E-state index contributed by atoms with van der Waals surface area (Å²) in [6.45, 7) is 1.34. The van der Waals surface area contributed by atoms with Crippen LogP contribution in [0, 0.1) is 0 Å². The minimum atomic E-state index is -3.22. The molecule has 0 atom stereocenters. The van der Waals surface area contributed by atoms with Crippen LogP contribution in [0.2, 0.25) is 0 Å². The van der Waals surface area contributed by atoms with E-state index in [1.165, 1.54) is 20.0 Å². The Bertz CT molecular complexity index is 325. The highest BCUT2D eigenvalue weighted by Gasteiger charge is 2.29. The average molecular weight is 292 g/mol. The molecule has 1 fully saturated rings. The zero-order valence-electron chi connectivity index (χ0n) is 12.0. The van der Waals surface area contributed by atoms with Gasteiger partial charge in [0.2, 0.25) is 10.0 Å². The van der Waals surface area contributed by atoms with Gasteiger partial charge in [0, 0.05) is 19.7 Å². The van der Waals surface area contributed by atoms with Crippen molar-refractivity contribution in [1.29, 1.82) is 0 Å². The molecule has 0 aliphatic heterocycles. The highest BCUT2D eigenvalue weighted by atomic mass is 32.2. The number of sulfonamides is 1. The van der Waals surface area contributed by atoms with E-state index in [1.54, 1.807) is 4.31 Å². The maximum absolute atomic E-state index is 12.4. The summed E-state index contributed by atoms with van der Waals surface area (Å²) in [5.74, 6) is 0.0740. The van der Waals surface area contributed by atoms with Crippen LogP contribution in [-0.4, -0.2) is 51.3 Å². The van der Waals surface area contributed by atoms with E-state index in [-0.39, 0.29) is 18.4 Å². The number of nitrogens with zero attached hydrogens (tertiary/aromatic N) is 1. The number of rotatable bonds is 8. The lowest BCUT2D eigenvalue weighted by Gasteiger charge is -2.30. The maximum atomic E-state index is 12.4. The van der Waals surface area contributed by atoms with Gasteiger partial charge in [-0.3, -0.25) is 0 Å². The van der Waals surface area contributed by atoms with Crippen LogP contribution >= 0.6 is 0 Å². The molecule has 1 aliphatic rings. The molecule has 0 aromatic heterocycles. The first-order valence-electron chi connectivity index (χ1n) is 7.30. The van der Waals surface area contributed by atoms with E-state index in [2.05, 4.69) is 0 Å². The van der Waals surface area contributed by atoms with Crippen molar-refractivity contribution in [2.75, 3.05) is 32.6 Å². The number of methoxy groups -OCH3 is 1. The number of ether oxygens (including phenoxy) is 1. The second-order valence-electron chi connectivity index (χ2n) is 5.21. The Hall–Kier alpha value is -0.170. The van der Waals surface area contributed by atoms with Crippen molar-refractivity contribution in [3.8, 4) is 0 Å². The average Bonchev–Trinajstić information content (AvgIpc) is 2.66. The predicted octanol–water partition coefficient (Wildman–Crippen LogP) is 1.34. The van der Waals surface area contributed by atoms with E-state index in [4.69, 9.17) is 10.5 Å². The van der Waals surface area contributed by atoms with Crippen molar-refractivity contribution in [1.82, 2.24) is 4.31 Å². The zero-order chi connectivity index (χ0) is 14.1. The summed E-state index contributed by atoms with van der Waals surface area (Å²) in [5, 5.41) is 0. The van der Waals surface area contributed by atoms with E-state index in [1.807, 2.05) is 0 Å². The molecule has 0 amide bonds.